The molecule has 43 heavy (non-hydrogen) atoms. The fourth-order valence-corrected chi connectivity index (χ4v) is 5.61. The van der Waals surface area contributed by atoms with Crippen molar-refractivity contribution in [3.63, 3.8) is 0 Å². The lowest BCUT2D eigenvalue weighted by atomic mass is 9.99. The van der Waals surface area contributed by atoms with Gasteiger partial charge in [0, 0.05) is 18.1 Å². The van der Waals surface area contributed by atoms with Gasteiger partial charge in [-0.2, -0.15) is 0 Å². The maximum absolute atomic E-state index is 11.7. The predicted molar refractivity (Wildman–Crippen MR) is 170 cm³/mol. The molecule has 2 N–H and O–H groups in total. The third kappa shape index (κ3) is 9.66. The second-order valence-corrected chi connectivity index (χ2v) is 11.2. The average Bonchev–Trinajstić information content (AvgIpc) is 3.60. The number of thiazole rings is 1. The SMILES string of the molecule is O[C@@H](COCc1ccccc1)[C@@H](OCc1ccccc1)[C@H](OCc1ccccc1)[C@H](NCc1ccccc1)c1nccs1. The van der Waals surface area contributed by atoms with Crippen molar-refractivity contribution in [1.82, 2.24) is 10.3 Å². The van der Waals surface area contributed by atoms with Crippen LogP contribution < -0.4 is 5.32 Å². The summed E-state index contributed by atoms with van der Waals surface area (Å²) in [5.74, 6) is 0. The van der Waals surface area contributed by atoms with Crippen molar-refractivity contribution >= 4 is 11.3 Å². The van der Waals surface area contributed by atoms with E-state index in [0.717, 1.165) is 27.3 Å². The summed E-state index contributed by atoms with van der Waals surface area (Å²) in [7, 11) is 0. The molecule has 0 saturated heterocycles. The van der Waals surface area contributed by atoms with E-state index in [9.17, 15) is 5.11 Å². The second kappa shape index (κ2) is 16.8. The number of ether oxygens (including phenoxy) is 3. The van der Waals surface area contributed by atoms with E-state index in [0.29, 0.717) is 26.4 Å². The van der Waals surface area contributed by atoms with E-state index in [1.807, 2.05) is 115 Å². The third-order valence-electron chi connectivity index (χ3n) is 7.09. The molecule has 0 fully saturated rings. The first-order valence-corrected chi connectivity index (χ1v) is 15.4. The topological polar surface area (TPSA) is 72.8 Å². The number of rotatable bonds is 17. The Bertz CT molecular complexity index is 1420. The second-order valence-electron chi connectivity index (χ2n) is 10.3. The average molecular weight is 595 g/mol. The van der Waals surface area contributed by atoms with Crippen molar-refractivity contribution in [2.45, 2.75) is 50.7 Å². The van der Waals surface area contributed by atoms with Crippen LogP contribution in [0.4, 0.5) is 0 Å². The van der Waals surface area contributed by atoms with E-state index >= 15 is 0 Å². The minimum absolute atomic E-state index is 0.0861. The highest BCUT2D eigenvalue weighted by Crippen LogP contribution is 2.29. The van der Waals surface area contributed by atoms with Crippen LogP contribution in [0.3, 0.4) is 0 Å². The van der Waals surface area contributed by atoms with Crippen LogP contribution in [0.5, 0.6) is 0 Å². The number of aliphatic hydroxyl groups is 1. The van der Waals surface area contributed by atoms with E-state index in [2.05, 4.69) is 22.4 Å². The highest BCUT2D eigenvalue weighted by atomic mass is 32.1. The van der Waals surface area contributed by atoms with Crippen LogP contribution in [0, 0.1) is 0 Å². The van der Waals surface area contributed by atoms with E-state index in [-0.39, 0.29) is 12.6 Å². The lowest BCUT2D eigenvalue weighted by Crippen LogP contribution is -2.49. The van der Waals surface area contributed by atoms with Crippen molar-refractivity contribution in [2.24, 2.45) is 0 Å². The minimum Gasteiger partial charge on any atom is -0.388 e. The maximum atomic E-state index is 11.7. The van der Waals surface area contributed by atoms with Gasteiger partial charge in [-0.15, -0.1) is 11.3 Å². The molecule has 0 aliphatic heterocycles. The van der Waals surface area contributed by atoms with Crippen molar-refractivity contribution in [2.75, 3.05) is 6.61 Å². The van der Waals surface area contributed by atoms with Gasteiger partial charge in [0.1, 0.15) is 23.3 Å². The quantitative estimate of drug-likeness (QED) is 0.125. The molecule has 0 radical (unpaired) electrons. The molecular formula is C36H38N2O4S. The van der Waals surface area contributed by atoms with Crippen LogP contribution >= 0.6 is 11.3 Å². The molecule has 0 spiro atoms. The van der Waals surface area contributed by atoms with Gasteiger partial charge < -0.3 is 24.6 Å². The van der Waals surface area contributed by atoms with E-state index in [4.69, 9.17) is 14.2 Å². The molecular weight excluding hydrogens is 556 g/mol. The molecule has 4 atom stereocenters. The van der Waals surface area contributed by atoms with Crippen LogP contribution in [-0.2, 0) is 40.6 Å². The zero-order valence-electron chi connectivity index (χ0n) is 24.1. The summed E-state index contributed by atoms with van der Waals surface area (Å²) in [6.07, 6.45) is -0.481. The van der Waals surface area contributed by atoms with Crippen molar-refractivity contribution in [3.8, 4) is 0 Å². The Balaban J connectivity index is 1.42. The lowest BCUT2D eigenvalue weighted by Gasteiger charge is -2.36. The number of benzene rings is 4. The monoisotopic (exact) mass is 594 g/mol. The first-order chi connectivity index (χ1) is 21.3. The molecule has 0 unspecified atom stereocenters. The molecule has 0 saturated carbocycles. The van der Waals surface area contributed by atoms with Gasteiger partial charge in [0.2, 0.25) is 0 Å². The fourth-order valence-electron chi connectivity index (χ4n) is 4.86. The molecule has 1 aromatic heterocycles. The predicted octanol–water partition coefficient (Wildman–Crippen LogP) is 6.72. The number of nitrogens with one attached hydrogen (secondary N) is 1. The molecule has 4 aromatic carbocycles. The van der Waals surface area contributed by atoms with Crippen LogP contribution in [-0.4, -0.2) is 35.0 Å². The van der Waals surface area contributed by atoms with E-state index < -0.39 is 18.3 Å². The molecule has 0 aliphatic carbocycles. The molecule has 222 valence electrons. The summed E-state index contributed by atoms with van der Waals surface area (Å²) in [6.45, 7) is 1.74. The Hall–Kier alpha value is -3.69. The van der Waals surface area contributed by atoms with Gasteiger partial charge in [0.15, 0.2) is 0 Å². The summed E-state index contributed by atoms with van der Waals surface area (Å²) in [6, 6.07) is 39.8. The Morgan fingerprint density at radius 2 is 1.12 bits per heavy atom. The summed E-state index contributed by atoms with van der Waals surface area (Å²) < 4.78 is 19.3. The molecule has 0 amide bonds. The zero-order valence-corrected chi connectivity index (χ0v) is 24.9. The van der Waals surface area contributed by atoms with Gasteiger partial charge in [-0.3, -0.25) is 0 Å². The van der Waals surface area contributed by atoms with Gasteiger partial charge in [0.25, 0.3) is 0 Å². The van der Waals surface area contributed by atoms with E-state index in [1.54, 1.807) is 17.5 Å². The number of nitrogens with zero attached hydrogens (tertiary/aromatic N) is 1. The summed E-state index contributed by atoms with van der Waals surface area (Å²) >= 11 is 1.55. The summed E-state index contributed by atoms with van der Waals surface area (Å²) in [4.78, 5) is 4.67. The number of hydrogen-bond donors (Lipinski definition) is 2. The van der Waals surface area contributed by atoms with E-state index in [1.165, 1.54) is 0 Å². The highest BCUT2D eigenvalue weighted by Gasteiger charge is 2.38. The van der Waals surface area contributed by atoms with Gasteiger partial charge in [-0.25, -0.2) is 4.98 Å². The Kier molecular flexibility index (Phi) is 12.0. The Labute approximate surface area is 257 Å². The van der Waals surface area contributed by atoms with Gasteiger partial charge in [-0.1, -0.05) is 121 Å². The summed E-state index contributed by atoms with van der Waals surface area (Å²) in [5, 5.41) is 18.2. The minimum atomic E-state index is -0.964. The zero-order chi connectivity index (χ0) is 29.5. The van der Waals surface area contributed by atoms with Crippen LogP contribution in [0.25, 0.3) is 0 Å². The standard InChI is InChI=1S/C36H38N2O4S/c39-32(27-40-24-29-15-7-2-8-16-29)34(41-25-30-17-9-3-10-18-30)35(42-26-31-19-11-4-12-20-31)33(36-37-21-22-43-36)38-23-28-13-5-1-6-14-28/h1-22,32-35,38-39H,23-27H2/t32-,33-,34+,35+/m0/s1. The normalized spacial score (nSPS) is 14.2. The van der Waals surface area contributed by atoms with Crippen molar-refractivity contribution in [3.05, 3.63) is 160 Å². The molecule has 0 aliphatic rings. The molecule has 6 nitrogen and oxygen atoms in total. The van der Waals surface area contributed by atoms with Crippen LogP contribution in [0.2, 0.25) is 0 Å². The first kappa shape index (κ1) is 30.8. The highest BCUT2D eigenvalue weighted by molar-refractivity contribution is 7.09. The van der Waals surface area contributed by atoms with Gasteiger partial charge in [0.05, 0.1) is 32.5 Å². The number of aromatic nitrogens is 1. The van der Waals surface area contributed by atoms with Crippen molar-refractivity contribution < 1.29 is 19.3 Å². The van der Waals surface area contributed by atoms with Crippen LogP contribution in [0.15, 0.2) is 133 Å². The smallest absolute Gasteiger partial charge is 0.114 e. The maximum Gasteiger partial charge on any atom is 0.114 e. The molecule has 5 aromatic rings. The summed E-state index contributed by atoms with van der Waals surface area (Å²) in [5.41, 5.74) is 4.22. The van der Waals surface area contributed by atoms with Gasteiger partial charge in [-0.05, 0) is 22.3 Å². The third-order valence-corrected chi connectivity index (χ3v) is 7.95. The molecule has 5 rings (SSSR count). The Morgan fingerprint density at radius 3 is 1.63 bits per heavy atom. The van der Waals surface area contributed by atoms with Crippen LogP contribution in [0.1, 0.15) is 33.3 Å². The first-order valence-electron chi connectivity index (χ1n) is 14.5. The fraction of sp³-hybridized carbons (Fsp3) is 0.250. The molecule has 7 heteroatoms. The van der Waals surface area contributed by atoms with Gasteiger partial charge >= 0.3 is 0 Å². The number of hydrogen-bond acceptors (Lipinski definition) is 7. The Morgan fingerprint density at radius 1 is 0.628 bits per heavy atom. The number of aliphatic hydroxyl groups excluding tert-OH is 1. The molecule has 1 heterocycles. The van der Waals surface area contributed by atoms with Crippen molar-refractivity contribution in [1.29, 1.82) is 0 Å². The molecule has 0 bridgehead atoms. The largest absolute Gasteiger partial charge is 0.388 e. The lowest BCUT2D eigenvalue weighted by molar-refractivity contribution is -0.157.